The fourth-order valence-electron chi connectivity index (χ4n) is 2.15. The summed E-state index contributed by atoms with van der Waals surface area (Å²) >= 11 is 17.1. The maximum atomic E-state index is 12.1. The molecule has 0 saturated heterocycles. The number of benzene rings is 1. The Morgan fingerprint density at radius 1 is 1.38 bits per heavy atom. The topological polar surface area (TPSA) is 58.6 Å². The van der Waals surface area contributed by atoms with Crippen LogP contribution < -0.4 is 10.1 Å². The summed E-state index contributed by atoms with van der Waals surface area (Å²) in [6, 6.07) is 2.72. The summed E-state index contributed by atoms with van der Waals surface area (Å²) in [5.41, 5.74) is 1.59. The van der Waals surface area contributed by atoms with Gasteiger partial charge >= 0.3 is 0 Å². The lowest BCUT2D eigenvalue weighted by molar-refractivity contribution is -0.117. The summed E-state index contributed by atoms with van der Waals surface area (Å²) in [5, 5.41) is 12.7. The van der Waals surface area contributed by atoms with Gasteiger partial charge in [-0.15, -0.1) is 0 Å². The first-order valence-corrected chi connectivity index (χ1v) is 8.55. The molecule has 0 spiro atoms. The third-order valence-electron chi connectivity index (χ3n) is 3.36. The number of carbonyl (C=O) groups excluding carboxylic acids is 1. The zero-order valence-corrected chi connectivity index (χ0v) is 15.4. The van der Waals surface area contributed by atoms with Crippen LogP contribution in [0.25, 0.3) is 0 Å². The molecular formula is C17H17Cl2NO3S. The minimum atomic E-state index is -0.173. The zero-order chi connectivity index (χ0) is 17.7. The molecule has 128 valence electrons. The van der Waals surface area contributed by atoms with E-state index in [0.29, 0.717) is 42.2 Å². The Morgan fingerprint density at radius 3 is 2.71 bits per heavy atom. The summed E-state index contributed by atoms with van der Waals surface area (Å²) in [5.74, 6) is 0.123. The molecule has 0 saturated carbocycles. The predicted octanol–water partition coefficient (Wildman–Crippen LogP) is 4.23. The number of nitrogens with one attached hydrogen (secondary N) is 1. The van der Waals surface area contributed by atoms with E-state index in [1.807, 2.05) is 13.0 Å². The molecule has 1 aromatic carbocycles. The molecule has 0 aromatic heterocycles. The van der Waals surface area contributed by atoms with Crippen LogP contribution in [0.15, 0.2) is 35.4 Å². The molecule has 1 aliphatic rings. The monoisotopic (exact) mass is 385 g/mol. The number of aromatic hydroxyl groups is 1. The van der Waals surface area contributed by atoms with Crippen molar-refractivity contribution in [3.63, 3.8) is 0 Å². The van der Waals surface area contributed by atoms with E-state index < -0.39 is 0 Å². The second-order valence-electron chi connectivity index (χ2n) is 5.33. The van der Waals surface area contributed by atoms with Crippen LogP contribution in [0.3, 0.4) is 0 Å². The van der Waals surface area contributed by atoms with Gasteiger partial charge in [0.15, 0.2) is 5.75 Å². The third-order valence-corrected chi connectivity index (χ3v) is 4.31. The Labute approximate surface area is 156 Å². The lowest BCUT2D eigenvalue weighted by atomic mass is 9.99. The highest BCUT2D eigenvalue weighted by atomic mass is 35.5. The van der Waals surface area contributed by atoms with Crippen molar-refractivity contribution in [2.75, 3.05) is 13.2 Å². The SMILES string of the molecule is CC1=CCC(=S)C(C(=O)NCCCOc2c(Cl)cc(O)cc2Cl)=C1. The van der Waals surface area contributed by atoms with E-state index in [1.54, 1.807) is 6.08 Å². The van der Waals surface area contributed by atoms with Crippen molar-refractivity contribution in [1.82, 2.24) is 5.32 Å². The summed E-state index contributed by atoms with van der Waals surface area (Å²) in [6.45, 7) is 2.70. The zero-order valence-electron chi connectivity index (χ0n) is 13.1. The van der Waals surface area contributed by atoms with Gasteiger partial charge < -0.3 is 15.2 Å². The number of amides is 1. The van der Waals surface area contributed by atoms with E-state index in [0.717, 1.165) is 5.57 Å². The minimum Gasteiger partial charge on any atom is -0.508 e. The number of hydrogen-bond acceptors (Lipinski definition) is 4. The van der Waals surface area contributed by atoms with E-state index in [1.165, 1.54) is 12.1 Å². The average molecular weight is 386 g/mol. The van der Waals surface area contributed by atoms with E-state index in [2.05, 4.69) is 5.32 Å². The molecule has 0 unspecified atom stereocenters. The molecule has 0 radical (unpaired) electrons. The average Bonchev–Trinajstić information content (AvgIpc) is 2.51. The summed E-state index contributed by atoms with van der Waals surface area (Å²) in [4.78, 5) is 12.8. The molecule has 2 N–H and O–H groups in total. The molecule has 4 nitrogen and oxygen atoms in total. The van der Waals surface area contributed by atoms with Crippen molar-refractivity contribution in [2.24, 2.45) is 0 Å². The lowest BCUT2D eigenvalue weighted by Crippen LogP contribution is -2.30. The van der Waals surface area contributed by atoms with Gasteiger partial charge in [0.05, 0.1) is 22.2 Å². The molecule has 0 aliphatic heterocycles. The number of thiocarbonyl (C=S) groups is 1. The summed E-state index contributed by atoms with van der Waals surface area (Å²) in [6.07, 6.45) is 5.00. The fourth-order valence-corrected chi connectivity index (χ4v) is 2.97. The van der Waals surface area contributed by atoms with E-state index >= 15 is 0 Å². The van der Waals surface area contributed by atoms with Gasteiger partial charge in [-0.05, 0) is 19.4 Å². The van der Waals surface area contributed by atoms with Crippen LogP contribution in [-0.4, -0.2) is 29.0 Å². The first kappa shape index (κ1) is 18.8. The predicted molar refractivity (Wildman–Crippen MR) is 100 cm³/mol. The summed E-state index contributed by atoms with van der Waals surface area (Å²) < 4.78 is 5.51. The summed E-state index contributed by atoms with van der Waals surface area (Å²) in [7, 11) is 0. The highest BCUT2D eigenvalue weighted by Gasteiger charge is 2.16. The van der Waals surface area contributed by atoms with Crippen LogP contribution in [-0.2, 0) is 4.79 Å². The number of rotatable bonds is 6. The number of halogens is 2. The molecule has 1 aromatic rings. The van der Waals surface area contributed by atoms with Crippen LogP contribution in [0.2, 0.25) is 10.0 Å². The van der Waals surface area contributed by atoms with Gasteiger partial charge in [0, 0.05) is 30.0 Å². The molecule has 1 amide bonds. The molecule has 1 aliphatic carbocycles. The number of hydrogen-bond donors (Lipinski definition) is 2. The Balaban J connectivity index is 1.79. The number of ether oxygens (including phenoxy) is 1. The second-order valence-corrected chi connectivity index (χ2v) is 6.64. The Morgan fingerprint density at radius 2 is 2.04 bits per heavy atom. The van der Waals surface area contributed by atoms with Gasteiger partial charge in [0.25, 0.3) is 5.91 Å². The number of carbonyl (C=O) groups is 1. The van der Waals surface area contributed by atoms with E-state index in [4.69, 9.17) is 40.2 Å². The third kappa shape index (κ3) is 4.97. The number of allylic oxidation sites excluding steroid dienone is 3. The van der Waals surface area contributed by atoms with Gasteiger partial charge in [0.1, 0.15) is 5.75 Å². The fraction of sp³-hybridized carbons (Fsp3) is 0.294. The molecular weight excluding hydrogens is 369 g/mol. The van der Waals surface area contributed by atoms with Crippen molar-refractivity contribution in [3.05, 3.63) is 45.5 Å². The number of phenolic OH excluding ortho intramolecular Hbond substituents is 1. The quantitative estimate of drug-likeness (QED) is 0.568. The van der Waals surface area contributed by atoms with Gasteiger partial charge in [-0.2, -0.15) is 0 Å². The van der Waals surface area contributed by atoms with Gasteiger partial charge in [0.2, 0.25) is 0 Å². The Bertz CT molecular complexity index is 706. The first-order valence-electron chi connectivity index (χ1n) is 7.39. The maximum absolute atomic E-state index is 12.1. The van der Waals surface area contributed by atoms with Gasteiger partial charge in [-0.1, -0.05) is 47.1 Å². The lowest BCUT2D eigenvalue weighted by Gasteiger charge is -2.14. The van der Waals surface area contributed by atoms with Crippen molar-refractivity contribution < 1.29 is 14.6 Å². The molecule has 7 heteroatoms. The standard InChI is InChI=1S/C17H17Cl2NO3S/c1-10-3-4-15(24)12(7-10)17(22)20-5-2-6-23-16-13(18)8-11(21)9-14(16)19/h3,7-9,21H,2,4-6H2,1H3,(H,20,22). The maximum Gasteiger partial charge on any atom is 0.252 e. The highest BCUT2D eigenvalue weighted by molar-refractivity contribution is 7.81. The molecule has 2 rings (SSSR count). The first-order chi connectivity index (χ1) is 11.4. The molecule has 0 bridgehead atoms. The van der Waals surface area contributed by atoms with E-state index in [9.17, 15) is 9.90 Å². The van der Waals surface area contributed by atoms with Gasteiger partial charge in [-0.25, -0.2) is 0 Å². The molecule has 0 fully saturated rings. The van der Waals surface area contributed by atoms with Crippen molar-refractivity contribution in [3.8, 4) is 11.5 Å². The van der Waals surface area contributed by atoms with E-state index in [-0.39, 0.29) is 21.7 Å². The number of phenols is 1. The second kappa shape index (κ2) is 8.51. The van der Waals surface area contributed by atoms with Crippen LogP contribution in [0.4, 0.5) is 0 Å². The molecule has 0 heterocycles. The van der Waals surface area contributed by atoms with Crippen LogP contribution >= 0.6 is 35.4 Å². The van der Waals surface area contributed by atoms with Crippen LogP contribution in [0.1, 0.15) is 19.8 Å². The van der Waals surface area contributed by atoms with Crippen LogP contribution in [0, 0.1) is 0 Å². The molecule has 0 atom stereocenters. The Hall–Kier alpha value is -1.56. The van der Waals surface area contributed by atoms with Gasteiger partial charge in [-0.3, -0.25) is 4.79 Å². The Kier molecular flexibility index (Phi) is 6.66. The van der Waals surface area contributed by atoms with Crippen LogP contribution in [0.5, 0.6) is 11.5 Å². The van der Waals surface area contributed by atoms with Crippen molar-refractivity contribution >= 4 is 46.2 Å². The smallest absolute Gasteiger partial charge is 0.252 e. The van der Waals surface area contributed by atoms with Crippen molar-refractivity contribution in [2.45, 2.75) is 19.8 Å². The molecule has 24 heavy (non-hydrogen) atoms. The minimum absolute atomic E-state index is 0.0225. The normalized spacial score (nSPS) is 14.0. The largest absolute Gasteiger partial charge is 0.508 e. The highest BCUT2D eigenvalue weighted by Crippen LogP contribution is 2.36. The van der Waals surface area contributed by atoms with Crippen molar-refractivity contribution in [1.29, 1.82) is 0 Å².